The molecule has 4 unspecified atom stereocenters. The normalized spacial score (nSPS) is 18.4. The van der Waals surface area contributed by atoms with Gasteiger partial charge in [0.15, 0.2) is 12.3 Å². The zero-order chi connectivity index (χ0) is 28.0. The lowest BCUT2D eigenvalue weighted by Crippen LogP contribution is -2.73. The van der Waals surface area contributed by atoms with Crippen LogP contribution in [0, 0.1) is 0 Å². The van der Waals surface area contributed by atoms with Crippen molar-refractivity contribution in [2.24, 2.45) is 5.73 Å². The first-order valence-electron chi connectivity index (χ1n) is 8.72. The van der Waals surface area contributed by atoms with E-state index in [1.807, 2.05) is 0 Å². The number of rotatable bonds is 11. The summed E-state index contributed by atoms with van der Waals surface area (Å²) in [5, 5.41) is 0. The zero-order valence-electron chi connectivity index (χ0n) is 16.3. The van der Waals surface area contributed by atoms with Gasteiger partial charge >= 0.3 is 35.5 Å². The van der Waals surface area contributed by atoms with Crippen molar-refractivity contribution < 1.29 is 74.6 Å². The van der Waals surface area contributed by atoms with Gasteiger partial charge in [0.05, 0.1) is 6.04 Å². The van der Waals surface area contributed by atoms with Crippen LogP contribution in [0.15, 0.2) is 30.3 Å². The van der Waals surface area contributed by atoms with Gasteiger partial charge in [-0.25, -0.2) is 22.0 Å². The van der Waals surface area contributed by atoms with Crippen molar-refractivity contribution in [1.29, 1.82) is 0 Å². The molecular weight excluding hydrogens is 541 g/mol. The van der Waals surface area contributed by atoms with Crippen LogP contribution < -0.4 is 5.73 Å². The van der Waals surface area contributed by atoms with E-state index in [2.05, 4.69) is 0 Å². The molecule has 35 heavy (non-hydrogen) atoms. The average molecular weight is 553 g/mol. The minimum absolute atomic E-state index is 0.671. The van der Waals surface area contributed by atoms with Gasteiger partial charge in [0.2, 0.25) is 6.17 Å². The van der Waals surface area contributed by atoms with Gasteiger partial charge in [-0.05, 0) is 5.56 Å². The Morgan fingerprint density at radius 1 is 0.514 bits per heavy atom. The lowest BCUT2D eigenvalue weighted by molar-refractivity contribution is -0.434. The number of hydrogen-bond donors (Lipinski definition) is 1. The van der Waals surface area contributed by atoms with Gasteiger partial charge in [0.1, 0.15) is 0 Å². The number of alkyl halides is 17. The highest BCUT2D eigenvalue weighted by atomic mass is 19.4. The molecule has 1 aromatic carbocycles. The predicted molar refractivity (Wildman–Crippen MR) is 83.7 cm³/mol. The summed E-state index contributed by atoms with van der Waals surface area (Å²) in [6.07, 6.45) is -20.4. The molecule has 4 atom stereocenters. The molecule has 0 spiro atoms. The Labute approximate surface area is 184 Å². The van der Waals surface area contributed by atoms with Crippen molar-refractivity contribution in [3.63, 3.8) is 0 Å². The maximum atomic E-state index is 14.1. The van der Waals surface area contributed by atoms with E-state index in [1.54, 1.807) is 0 Å². The van der Waals surface area contributed by atoms with Gasteiger partial charge in [0.25, 0.3) is 6.43 Å². The molecular formula is C17H12F17N. The van der Waals surface area contributed by atoms with Crippen LogP contribution in [-0.2, 0) is 0 Å². The molecule has 0 aliphatic carbocycles. The summed E-state index contributed by atoms with van der Waals surface area (Å²) in [5.41, 5.74) is 4.06. The highest BCUT2D eigenvalue weighted by molar-refractivity contribution is 5.22. The highest BCUT2D eigenvalue weighted by Crippen LogP contribution is 2.62. The largest absolute Gasteiger partial charge is 0.384 e. The Hall–Kier alpha value is -2.01. The van der Waals surface area contributed by atoms with Crippen molar-refractivity contribution in [2.75, 3.05) is 0 Å². The molecule has 1 rings (SSSR count). The number of benzene rings is 1. The Morgan fingerprint density at radius 3 is 1.20 bits per heavy atom. The zero-order valence-corrected chi connectivity index (χ0v) is 16.3. The SMILES string of the molecule is NC(c1ccccc1)C(F)C(F)(F)C(F)(F)C(F)(F)C(F)(F)C(F)(F)C(F)(F)C(F)C(F)C(F)F. The van der Waals surface area contributed by atoms with E-state index in [-0.39, 0.29) is 0 Å². The molecule has 204 valence electrons. The van der Waals surface area contributed by atoms with Crippen LogP contribution in [0.25, 0.3) is 0 Å². The van der Waals surface area contributed by atoms with Gasteiger partial charge in [-0.1, -0.05) is 30.3 Å². The molecule has 18 heteroatoms. The monoisotopic (exact) mass is 553 g/mol. The van der Waals surface area contributed by atoms with E-state index in [0.717, 1.165) is 18.2 Å². The molecule has 1 nitrogen and oxygen atoms in total. The fourth-order valence-corrected chi connectivity index (χ4v) is 2.56. The van der Waals surface area contributed by atoms with Gasteiger partial charge in [-0.2, -0.15) is 52.7 Å². The molecule has 0 amide bonds. The lowest BCUT2D eigenvalue weighted by atomic mass is 9.86. The third kappa shape index (κ3) is 4.61. The topological polar surface area (TPSA) is 26.0 Å². The highest BCUT2D eigenvalue weighted by Gasteiger charge is 2.92. The summed E-state index contributed by atoms with van der Waals surface area (Å²) in [5.74, 6) is -47.5. The van der Waals surface area contributed by atoms with Gasteiger partial charge in [-0.15, -0.1) is 0 Å². The number of hydrogen-bond acceptors (Lipinski definition) is 1. The third-order valence-corrected chi connectivity index (χ3v) is 4.73. The Bertz CT molecular complexity index is 840. The second-order valence-electron chi connectivity index (χ2n) is 7.06. The summed E-state index contributed by atoms with van der Waals surface area (Å²) >= 11 is 0. The molecule has 0 aliphatic rings. The standard InChI is InChI=1S/C17H12F17N/c18-7(11(21)22)9(19)12(23,24)14(27,28)16(31,32)17(33,34)15(29,30)13(25,26)10(20)8(35)6-4-2-1-3-5-6/h1-5,7-11H,35H2. The molecule has 0 heterocycles. The third-order valence-electron chi connectivity index (χ3n) is 4.73. The van der Waals surface area contributed by atoms with Crippen molar-refractivity contribution in [3.05, 3.63) is 35.9 Å². The first-order chi connectivity index (χ1) is 15.4. The molecule has 0 bridgehead atoms. The van der Waals surface area contributed by atoms with Crippen molar-refractivity contribution >= 4 is 0 Å². The first kappa shape index (κ1) is 31.0. The van der Waals surface area contributed by atoms with Crippen molar-refractivity contribution in [1.82, 2.24) is 0 Å². The van der Waals surface area contributed by atoms with Gasteiger partial charge < -0.3 is 5.73 Å². The van der Waals surface area contributed by atoms with E-state index in [9.17, 15) is 74.6 Å². The first-order valence-corrected chi connectivity index (χ1v) is 8.72. The summed E-state index contributed by atoms with van der Waals surface area (Å²) < 4.78 is 228. The number of halogens is 17. The van der Waals surface area contributed by atoms with Crippen LogP contribution in [0.4, 0.5) is 74.6 Å². The molecule has 0 aromatic heterocycles. The maximum Gasteiger partial charge on any atom is 0.384 e. The Morgan fingerprint density at radius 2 is 0.857 bits per heavy atom. The minimum Gasteiger partial charge on any atom is -0.321 e. The van der Waals surface area contributed by atoms with Crippen LogP contribution >= 0.6 is 0 Å². The van der Waals surface area contributed by atoms with E-state index in [1.165, 1.54) is 0 Å². The molecule has 0 fully saturated rings. The molecule has 1 aromatic rings. The van der Waals surface area contributed by atoms with Crippen LogP contribution in [0.5, 0.6) is 0 Å². The molecule has 0 saturated carbocycles. The van der Waals surface area contributed by atoms with Gasteiger partial charge in [-0.3, -0.25) is 0 Å². The fourth-order valence-electron chi connectivity index (χ4n) is 2.56. The lowest BCUT2D eigenvalue weighted by Gasteiger charge is -2.43. The van der Waals surface area contributed by atoms with Crippen molar-refractivity contribution in [2.45, 2.75) is 66.5 Å². The minimum atomic E-state index is -8.40. The summed E-state index contributed by atoms with van der Waals surface area (Å²) in [6.45, 7) is 0. The van der Waals surface area contributed by atoms with Crippen LogP contribution in [-0.4, -0.2) is 60.5 Å². The molecule has 0 saturated heterocycles. The Balaban J connectivity index is 3.54. The molecule has 0 aliphatic heterocycles. The Kier molecular flexibility index (Phi) is 8.38. The second-order valence-corrected chi connectivity index (χ2v) is 7.06. The smallest absolute Gasteiger partial charge is 0.321 e. The summed E-state index contributed by atoms with van der Waals surface area (Å²) in [4.78, 5) is 0. The quantitative estimate of drug-likeness (QED) is 0.301. The number of nitrogens with two attached hydrogens (primary N) is 1. The van der Waals surface area contributed by atoms with Gasteiger partial charge in [0, 0.05) is 0 Å². The summed E-state index contributed by atoms with van der Waals surface area (Å²) in [6, 6.07) is 1.37. The molecule has 2 N–H and O–H groups in total. The second kappa shape index (κ2) is 9.46. The predicted octanol–water partition coefficient (Wildman–Crippen LogP) is 6.78. The van der Waals surface area contributed by atoms with Crippen LogP contribution in [0.1, 0.15) is 11.6 Å². The van der Waals surface area contributed by atoms with Crippen LogP contribution in [0.2, 0.25) is 0 Å². The van der Waals surface area contributed by atoms with Crippen LogP contribution in [0.3, 0.4) is 0 Å². The average Bonchev–Trinajstić information content (AvgIpc) is 2.76. The van der Waals surface area contributed by atoms with E-state index >= 15 is 0 Å². The van der Waals surface area contributed by atoms with E-state index in [4.69, 9.17) is 5.73 Å². The van der Waals surface area contributed by atoms with E-state index < -0.39 is 72.1 Å². The van der Waals surface area contributed by atoms with E-state index in [0.29, 0.717) is 12.1 Å². The maximum absolute atomic E-state index is 14.1. The molecule has 0 radical (unpaired) electrons. The van der Waals surface area contributed by atoms with Crippen molar-refractivity contribution in [3.8, 4) is 0 Å². The fraction of sp³-hybridized carbons (Fsp3) is 0.647. The summed E-state index contributed by atoms with van der Waals surface area (Å²) in [7, 11) is 0.